The molecule has 3 saturated carbocycles. The predicted octanol–water partition coefficient (Wildman–Crippen LogP) is 2.86. The van der Waals surface area contributed by atoms with E-state index in [-0.39, 0.29) is 5.41 Å². The molecule has 2 unspecified atom stereocenters. The van der Waals surface area contributed by atoms with Gasteiger partial charge in [-0.05, 0) is 37.5 Å². The third-order valence-corrected chi connectivity index (χ3v) is 4.93. The van der Waals surface area contributed by atoms with E-state index < -0.39 is 0 Å². The van der Waals surface area contributed by atoms with E-state index in [0.29, 0.717) is 11.2 Å². The molecule has 0 radical (unpaired) electrons. The number of hydrogen-bond acceptors (Lipinski definition) is 1. The maximum atomic E-state index is 12.0. The number of carbonyl (C=O) groups excluding carboxylic acids is 1. The van der Waals surface area contributed by atoms with Crippen molar-refractivity contribution in [3.05, 3.63) is 12.2 Å². The highest BCUT2D eigenvalue weighted by molar-refractivity contribution is 5.92. The van der Waals surface area contributed by atoms with Crippen LogP contribution in [0.1, 0.15) is 44.9 Å². The van der Waals surface area contributed by atoms with Gasteiger partial charge in [-0.25, -0.2) is 0 Å². The predicted molar refractivity (Wildman–Crippen MR) is 51.3 cm³/mol. The molecule has 13 heavy (non-hydrogen) atoms. The Morgan fingerprint density at radius 1 is 1.08 bits per heavy atom. The van der Waals surface area contributed by atoms with Gasteiger partial charge in [0, 0.05) is 6.42 Å². The fourth-order valence-electron chi connectivity index (χ4n) is 4.33. The molecule has 0 bridgehead atoms. The minimum atomic E-state index is -0.0208. The summed E-state index contributed by atoms with van der Waals surface area (Å²) in [7, 11) is 0. The first kappa shape index (κ1) is 7.78. The van der Waals surface area contributed by atoms with Crippen molar-refractivity contribution in [2.75, 3.05) is 0 Å². The highest BCUT2D eigenvalue weighted by Crippen LogP contribution is 2.70. The zero-order valence-corrected chi connectivity index (χ0v) is 8.07. The summed E-state index contributed by atoms with van der Waals surface area (Å²) in [5.41, 5.74) is 1.64. The van der Waals surface area contributed by atoms with Crippen molar-refractivity contribution in [3.63, 3.8) is 0 Å². The molecule has 0 N–H and O–H groups in total. The summed E-state index contributed by atoms with van der Waals surface area (Å²) in [5, 5.41) is 0. The Kier molecular flexibility index (Phi) is 1.24. The zero-order valence-electron chi connectivity index (χ0n) is 8.07. The second-order valence-electron chi connectivity index (χ2n) is 5.07. The molecule has 3 fully saturated rings. The number of ketones is 1. The molecule has 0 heterocycles. The van der Waals surface area contributed by atoms with Crippen molar-refractivity contribution < 1.29 is 4.79 Å². The molecule has 0 aliphatic heterocycles. The van der Waals surface area contributed by atoms with Gasteiger partial charge >= 0.3 is 0 Å². The summed E-state index contributed by atoms with van der Waals surface area (Å²) in [6, 6.07) is 0. The minimum absolute atomic E-state index is 0.0208. The Hall–Kier alpha value is -0.590. The van der Waals surface area contributed by atoms with Crippen LogP contribution in [-0.2, 0) is 4.79 Å². The SMILES string of the molecule is C=C1CCC23CCCC12C(=O)CC3. The van der Waals surface area contributed by atoms with Crippen LogP contribution >= 0.6 is 0 Å². The van der Waals surface area contributed by atoms with Gasteiger partial charge in [-0.1, -0.05) is 18.6 Å². The van der Waals surface area contributed by atoms with Crippen LogP contribution in [0.2, 0.25) is 0 Å². The molecule has 70 valence electrons. The van der Waals surface area contributed by atoms with Gasteiger partial charge in [-0.15, -0.1) is 0 Å². The number of Topliss-reactive ketones (excluding diaryl/α,β-unsaturated/α-hetero) is 1. The van der Waals surface area contributed by atoms with Crippen molar-refractivity contribution >= 4 is 5.78 Å². The Bertz CT molecular complexity index is 280. The molecule has 0 spiro atoms. The maximum Gasteiger partial charge on any atom is 0.143 e. The lowest BCUT2D eigenvalue weighted by atomic mass is 9.69. The first-order valence-corrected chi connectivity index (χ1v) is 5.43. The normalized spacial score (nSPS) is 48.3. The maximum absolute atomic E-state index is 12.0. The minimum Gasteiger partial charge on any atom is -0.299 e. The summed E-state index contributed by atoms with van der Waals surface area (Å²) >= 11 is 0. The van der Waals surface area contributed by atoms with Crippen molar-refractivity contribution in [2.24, 2.45) is 10.8 Å². The Morgan fingerprint density at radius 3 is 2.62 bits per heavy atom. The molecule has 1 nitrogen and oxygen atoms in total. The Morgan fingerprint density at radius 2 is 1.85 bits per heavy atom. The van der Waals surface area contributed by atoms with Crippen molar-refractivity contribution in [1.82, 2.24) is 0 Å². The van der Waals surface area contributed by atoms with Crippen LogP contribution in [0.15, 0.2) is 12.2 Å². The van der Waals surface area contributed by atoms with E-state index in [1.54, 1.807) is 0 Å². The van der Waals surface area contributed by atoms with E-state index in [0.717, 1.165) is 25.7 Å². The smallest absolute Gasteiger partial charge is 0.143 e. The van der Waals surface area contributed by atoms with Gasteiger partial charge in [0.2, 0.25) is 0 Å². The number of carbonyl (C=O) groups is 1. The Labute approximate surface area is 79.2 Å². The van der Waals surface area contributed by atoms with Crippen LogP contribution in [0, 0.1) is 10.8 Å². The molecule has 3 aliphatic rings. The number of hydrogen-bond donors (Lipinski definition) is 0. The highest BCUT2D eigenvalue weighted by Gasteiger charge is 2.66. The summed E-state index contributed by atoms with van der Waals surface area (Å²) in [6.07, 6.45) is 8.01. The second-order valence-corrected chi connectivity index (χ2v) is 5.07. The first-order chi connectivity index (χ1) is 6.21. The summed E-state index contributed by atoms with van der Waals surface area (Å²) in [4.78, 5) is 12.0. The molecule has 2 atom stereocenters. The summed E-state index contributed by atoms with van der Waals surface area (Å²) in [6.45, 7) is 4.15. The molecular formula is C12H16O. The third kappa shape index (κ3) is 0.619. The molecule has 0 aromatic heterocycles. The van der Waals surface area contributed by atoms with Crippen molar-refractivity contribution in [2.45, 2.75) is 44.9 Å². The van der Waals surface area contributed by atoms with Crippen LogP contribution in [0.3, 0.4) is 0 Å². The summed E-state index contributed by atoms with van der Waals surface area (Å²) < 4.78 is 0. The van der Waals surface area contributed by atoms with Crippen LogP contribution in [0.5, 0.6) is 0 Å². The molecule has 0 aromatic carbocycles. The largest absolute Gasteiger partial charge is 0.299 e. The molecule has 3 aliphatic carbocycles. The van der Waals surface area contributed by atoms with E-state index in [1.807, 2.05) is 0 Å². The number of allylic oxidation sites excluding steroid dienone is 1. The lowest BCUT2D eigenvalue weighted by molar-refractivity contribution is -0.125. The van der Waals surface area contributed by atoms with E-state index in [9.17, 15) is 4.79 Å². The lowest BCUT2D eigenvalue weighted by Crippen LogP contribution is -2.33. The number of rotatable bonds is 0. The van der Waals surface area contributed by atoms with Gasteiger partial charge in [0.25, 0.3) is 0 Å². The molecule has 0 aromatic rings. The topological polar surface area (TPSA) is 17.1 Å². The Balaban J connectivity index is 2.20. The van der Waals surface area contributed by atoms with Gasteiger partial charge in [0.05, 0.1) is 5.41 Å². The van der Waals surface area contributed by atoms with E-state index in [4.69, 9.17) is 0 Å². The second kappa shape index (κ2) is 2.08. The van der Waals surface area contributed by atoms with Gasteiger partial charge in [0.15, 0.2) is 0 Å². The van der Waals surface area contributed by atoms with Crippen LogP contribution < -0.4 is 0 Å². The molecule has 0 amide bonds. The highest BCUT2D eigenvalue weighted by atomic mass is 16.1. The van der Waals surface area contributed by atoms with Crippen molar-refractivity contribution in [3.8, 4) is 0 Å². The van der Waals surface area contributed by atoms with Crippen LogP contribution in [0.25, 0.3) is 0 Å². The standard InChI is InChI=1S/C12H16O/c1-9-3-7-11-5-2-6-12(9,11)10(13)4-8-11/h1-8H2. The fraction of sp³-hybridized carbons (Fsp3) is 0.750. The van der Waals surface area contributed by atoms with Gasteiger partial charge in [-0.2, -0.15) is 0 Å². The van der Waals surface area contributed by atoms with E-state index in [1.165, 1.54) is 24.8 Å². The van der Waals surface area contributed by atoms with Gasteiger partial charge < -0.3 is 0 Å². The molecule has 0 saturated heterocycles. The van der Waals surface area contributed by atoms with Crippen LogP contribution in [0.4, 0.5) is 0 Å². The monoisotopic (exact) mass is 176 g/mol. The zero-order chi connectivity index (χ0) is 9.10. The lowest BCUT2D eigenvalue weighted by Gasteiger charge is -2.32. The van der Waals surface area contributed by atoms with Crippen LogP contribution in [-0.4, -0.2) is 5.78 Å². The molecular weight excluding hydrogens is 160 g/mol. The van der Waals surface area contributed by atoms with Gasteiger partial charge in [-0.3, -0.25) is 4.79 Å². The summed E-state index contributed by atoms with van der Waals surface area (Å²) in [5.74, 6) is 0.521. The van der Waals surface area contributed by atoms with Gasteiger partial charge in [0.1, 0.15) is 5.78 Å². The van der Waals surface area contributed by atoms with E-state index in [2.05, 4.69) is 6.58 Å². The fourth-order valence-corrected chi connectivity index (χ4v) is 4.33. The quantitative estimate of drug-likeness (QED) is 0.519. The van der Waals surface area contributed by atoms with Crippen molar-refractivity contribution in [1.29, 1.82) is 0 Å². The average molecular weight is 176 g/mol. The average Bonchev–Trinajstić information content (AvgIpc) is 2.67. The first-order valence-electron chi connectivity index (χ1n) is 5.43. The third-order valence-electron chi connectivity index (χ3n) is 4.93. The molecule has 3 rings (SSSR count). The van der Waals surface area contributed by atoms with E-state index >= 15 is 0 Å². The molecule has 1 heteroatoms.